The lowest BCUT2D eigenvalue weighted by atomic mass is 10.1. The molecule has 0 unspecified atom stereocenters. The maximum Gasteiger partial charge on any atom is 0.187 e. The maximum atomic E-state index is 15.0. The largest absolute Gasteiger partial charge is 0.489 e. The molecule has 210 valence electrons. The van der Waals surface area contributed by atoms with Crippen molar-refractivity contribution in [3.63, 3.8) is 0 Å². The van der Waals surface area contributed by atoms with Crippen molar-refractivity contribution in [2.75, 3.05) is 6.61 Å². The van der Waals surface area contributed by atoms with Crippen LogP contribution >= 0.6 is 11.6 Å². The summed E-state index contributed by atoms with van der Waals surface area (Å²) in [6.07, 6.45) is 2.91. The van der Waals surface area contributed by atoms with Gasteiger partial charge in [-0.2, -0.15) is 0 Å². The van der Waals surface area contributed by atoms with Crippen molar-refractivity contribution in [1.82, 2.24) is 29.7 Å². The second-order valence-electron chi connectivity index (χ2n) is 9.53. The van der Waals surface area contributed by atoms with E-state index in [1.807, 2.05) is 0 Å². The summed E-state index contributed by atoms with van der Waals surface area (Å²) in [4.78, 5) is 12.7. The number of sulfone groups is 1. The van der Waals surface area contributed by atoms with Gasteiger partial charge in [-0.3, -0.25) is 4.57 Å². The van der Waals surface area contributed by atoms with Crippen molar-refractivity contribution < 1.29 is 26.7 Å². The van der Waals surface area contributed by atoms with Crippen LogP contribution < -0.4 is 4.74 Å². The summed E-state index contributed by atoms with van der Waals surface area (Å²) < 4.78 is 69.7. The summed E-state index contributed by atoms with van der Waals surface area (Å²) in [5.41, 5.74) is 0.393. The number of aromatic nitrogens is 6. The van der Waals surface area contributed by atoms with Crippen LogP contribution in [0.2, 0.25) is 5.02 Å². The van der Waals surface area contributed by atoms with Gasteiger partial charge in [0, 0.05) is 30.2 Å². The highest BCUT2D eigenvalue weighted by Gasteiger charge is 2.38. The lowest BCUT2D eigenvalue weighted by Gasteiger charge is -2.25. The Kier molecular flexibility index (Phi) is 7.80. The Hall–Kier alpha value is -3.55. The van der Waals surface area contributed by atoms with Crippen LogP contribution in [0.25, 0.3) is 11.5 Å². The molecule has 10 nitrogen and oxygen atoms in total. The van der Waals surface area contributed by atoms with Gasteiger partial charge in [-0.15, -0.1) is 10.2 Å². The van der Waals surface area contributed by atoms with Gasteiger partial charge in [-0.25, -0.2) is 32.2 Å². The molecule has 0 aliphatic carbocycles. The van der Waals surface area contributed by atoms with Crippen molar-refractivity contribution in [2.45, 2.75) is 50.0 Å². The van der Waals surface area contributed by atoms with Gasteiger partial charge < -0.3 is 9.47 Å². The standard InChI is InChI=1S/C26H25ClF2N6O4S/c1-14(2)39-24(25-31-10-16(27)11-32-25)15(3)40(36,37)13-22-33-34-26-23-21(5-4-8-30-23)38-12-20(35(22)26)18-7-6-17(28)9-19(18)29/h4-11,14-15,20,24H,12-13H2,1-3H3/t15-,20-,24+/m0/s1. The molecule has 0 bridgehead atoms. The lowest BCUT2D eigenvalue weighted by molar-refractivity contribution is 0.00142. The van der Waals surface area contributed by atoms with Crippen LogP contribution in [-0.2, 0) is 20.3 Å². The predicted octanol–water partition coefficient (Wildman–Crippen LogP) is 4.51. The fourth-order valence-electron chi connectivity index (χ4n) is 4.47. The molecule has 3 aromatic heterocycles. The number of hydrogen-bond acceptors (Lipinski definition) is 9. The molecule has 0 amide bonds. The third-order valence-electron chi connectivity index (χ3n) is 6.42. The Morgan fingerprint density at radius 1 is 1.12 bits per heavy atom. The second kappa shape index (κ2) is 11.1. The Labute approximate surface area is 234 Å². The summed E-state index contributed by atoms with van der Waals surface area (Å²) in [6.45, 7) is 4.93. The molecule has 0 radical (unpaired) electrons. The van der Waals surface area contributed by atoms with Crippen LogP contribution in [0.4, 0.5) is 8.78 Å². The normalized spacial score (nSPS) is 16.5. The van der Waals surface area contributed by atoms with Crippen molar-refractivity contribution in [3.05, 3.63) is 82.8 Å². The molecule has 4 heterocycles. The van der Waals surface area contributed by atoms with E-state index in [0.717, 1.165) is 12.1 Å². The van der Waals surface area contributed by atoms with E-state index in [0.29, 0.717) is 16.5 Å². The monoisotopic (exact) mass is 590 g/mol. The average molecular weight is 591 g/mol. The molecule has 0 N–H and O–H groups in total. The van der Waals surface area contributed by atoms with Gasteiger partial charge in [0.2, 0.25) is 0 Å². The molecular weight excluding hydrogens is 566 g/mol. The van der Waals surface area contributed by atoms with E-state index in [4.69, 9.17) is 21.1 Å². The first-order valence-electron chi connectivity index (χ1n) is 12.4. The van der Waals surface area contributed by atoms with Gasteiger partial charge in [0.15, 0.2) is 21.5 Å². The van der Waals surface area contributed by atoms with E-state index in [-0.39, 0.29) is 35.7 Å². The van der Waals surface area contributed by atoms with Crippen LogP contribution in [0, 0.1) is 11.6 Å². The summed E-state index contributed by atoms with van der Waals surface area (Å²) in [6, 6.07) is 5.59. The zero-order valence-corrected chi connectivity index (χ0v) is 23.3. The van der Waals surface area contributed by atoms with Crippen molar-refractivity contribution in [1.29, 1.82) is 0 Å². The smallest absolute Gasteiger partial charge is 0.187 e. The Morgan fingerprint density at radius 2 is 1.88 bits per heavy atom. The second-order valence-corrected chi connectivity index (χ2v) is 12.3. The van der Waals surface area contributed by atoms with Gasteiger partial charge >= 0.3 is 0 Å². The molecule has 1 aliphatic heterocycles. The predicted molar refractivity (Wildman–Crippen MR) is 141 cm³/mol. The minimum absolute atomic E-state index is 0.0259. The first-order valence-corrected chi connectivity index (χ1v) is 14.5. The summed E-state index contributed by atoms with van der Waals surface area (Å²) >= 11 is 5.92. The van der Waals surface area contributed by atoms with Crippen LogP contribution in [0.1, 0.15) is 50.1 Å². The van der Waals surface area contributed by atoms with Gasteiger partial charge in [-0.1, -0.05) is 17.7 Å². The van der Waals surface area contributed by atoms with Gasteiger partial charge in [0.25, 0.3) is 0 Å². The number of ether oxygens (including phenoxy) is 2. The molecule has 14 heteroatoms. The highest BCUT2D eigenvalue weighted by atomic mass is 35.5. The Bertz CT molecular complexity index is 1630. The number of benzene rings is 1. The number of fused-ring (bicyclic) bond motifs is 3. The zero-order chi connectivity index (χ0) is 28.6. The molecule has 0 saturated heterocycles. The molecule has 5 rings (SSSR count). The van der Waals surface area contributed by atoms with Crippen LogP contribution in [0.5, 0.6) is 5.75 Å². The zero-order valence-electron chi connectivity index (χ0n) is 21.7. The van der Waals surface area contributed by atoms with E-state index >= 15 is 4.39 Å². The molecule has 1 aromatic carbocycles. The Balaban J connectivity index is 1.58. The van der Waals surface area contributed by atoms with Crippen LogP contribution in [0.15, 0.2) is 48.9 Å². The van der Waals surface area contributed by atoms with E-state index < -0.39 is 44.6 Å². The number of pyridine rings is 1. The average Bonchev–Trinajstić information content (AvgIpc) is 3.23. The molecular formula is C26H25ClF2N6O4S. The third-order valence-corrected chi connectivity index (χ3v) is 8.65. The molecule has 40 heavy (non-hydrogen) atoms. The lowest BCUT2D eigenvalue weighted by Crippen LogP contribution is -2.32. The van der Waals surface area contributed by atoms with Gasteiger partial charge in [0.1, 0.15) is 47.4 Å². The number of halogens is 3. The van der Waals surface area contributed by atoms with Crippen LogP contribution in [0.3, 0.4) is 0 Å². The third kappa shape index (κ3) is 5.54. The minimum atomic E-state index is -4.01. The summed E-state index contributed by atoms with van der Waals surface area (Å²) in [5, 5.41) is 7.59. The van der Waals surface area contributed by atoms with E-state index in [1.165, 1.54) is 36.1 Å². The first-order chi connectivity index (χ1) is 19.0. The quantitative estimate of drug-likeness (QED) is 0.291. The fourth-order valence-corrected chi connectivity index (χ4v) is 5.95. The number of hydrogen-bond donors (Lipinski definition) is 0. The molecule has 0 spiro atoms. The minimum Gasteiger partial charge on any atom is -0.489 e. The molecule has 3 atom stereocenters. The highest BCUT2D eigenvalue weighted by Crippen LogP contribution is 2.37. The Morgan fingerprint density at radius 3 is 2.58 bits per heavy atom. The van der Waals surface area contributed by atoms with E-state index in [9.17, 15) is 12.8 Å². The van der Waals surface area contributed by atoms with E-state index in [1.54, 1.807) is 26.0 Å². The number of nitrogens with zero attached hydrogens (tertiary/aromatic N) is 6. The fraction of sp³-hybridized carbons (Fsp3) is 0.346. The van der Waals surface area contributed by atoms with Gasteiger partial charge in [-0.05, 0) is 39.0 Å². The van der Waals surface area contributed by atoms with Crippen molar-refractivity contribution in [2.24, 2.45) is 0 Å². The molecule has 4 aromatic rings. The maximum absolute atomic E-state index is 15.0. The summed E-state index contributed by atoms with van der Waals surface area (Å²) in [7, 11) is -4.01. The van der Waals surface area contributed by atoms with Crippen LogP contribution in [-0.4, -0.2) is 56.1 Å². The SMILES string of the molecule is CC(C)O[C@@H](c1ncc(Cl)cn1)[C@H](C)S(=O)(=O)Cc1nnc2n1[C@H](c1ccc(F)cc1F)COc1cccnc1-2. The molecule has 0 saturated carbocycles. The van der Waals surface area contributed by atoms with Crippen molar-refractivity contribution >= 4 is 21.4 Å². The van der Waals surface area contributed by atoms with Crippen molar-refractivity contribution in [3.8, 4) is 17.3 Å². The molecule has 1 aliphatic rings. The molecule has 0 fully saturated rings. The topological polar surface area (TPSA) is 122 Å². The van der Waals surface area contributed by atoms with E-state index in [2.05, 4.69) is 25.1 Å². The highest BCUT2D eigenvalue weighted by molar-refractivity contribution is 7.91. The van der Waals surface area contributed by atoms with Gasteiger partial charge in [0.05, 0.1) is 22.4 Å². The number of rotatable bonds is 8. The summed E-state index contributed by atoms with van der Waals surface area (Å²) in [5.74, 6) is -1.40. The first kappa shape index (κ1) is 28.0.